The molecule has 0 bridgehead atoms. The minimum atomic E-state index is -0.0125. The van der Waals surface area contributed by atoms with Crippen molar-refractivity contribution < 1.29 is 4.74 Å². The Kier molecular flexibility index (Phi) is 5.46. The van der Waals surface area contributed by atoms with Gasteiger partial charge in [0.05, 0.1) is 29.1 Å². The van der Waals surface area contributed by atoms with Crippen molar-refractivity contribution >= 4 is 15.9 Å². The molecule has 0 spiro atoms. The number of morpholine rings is 1. The summed E-state index contributed by atoms with van der Waals surface area (Å²) < 4.78 is 8.50. The van der Waals surface area contributed by atoms with Crippen LogP contribution in [0.3, 0.4) is 0 Å². The Morgan fingerprint density at radius 1 is 1.43 bits per heavy atom. The van der Waals surface area contributed by atoms with Crippen LogP contribution in [0.2, 0.25) is 0 Å². The molecule has 0 radical (unpaired) electrons. The molecule has 2 atom stereocenters. The minimum absolute atomic E-state index is 0.0125. The van der Waals surface area contributed by atoms with Gasteiger partial charge in [0.25, 0.3) is 0 Å². The number of nitrogens with two attached hydrogens (primary N) is 1. The van der Waals surface area contributed by atoms with E-state index in [1.807, 2.05) is 18.7 Å². The van der Waals surface area contributed by atoms with Crippen molar-refractivity contribution in [1.29, 1.82) is 0 Å². The van der Waals surface area contributed by atoms with E-state index in [1.165, 1.54) is 5.69 Å². The molecule has 1 aliphatic heterocycles. The molecule has 0 aliphatic carbocycles. The summed E-state index contributed by atoms with van der Waals surface area (Å²) >= 11 is 3.64. The van der Waals surface area contributed by atoms with Crippen molar-refractivity contribution in [3.63, 3.8) is 0 Å². The minimum Gasteiger partial charge on any atom is -0.379 e. The fourth-order valence-electron chi connectivity index (χ4n) is 3.12. The van der Waals surface area contributed by atoms with E-state index in [0.29, 0.717) is 0 Å². The highest BCUT2D eigenvalue weighted by molar-refractivity contribution is 9.10. The molecule has 5 nitrogen and oxygen atoms in total. The summed E-state index contributed by atoms with van der Waals surface area (Å²) in [5, 5.41) is 4.46. The molecule has 1 aliphatic rings. The lowest BCUT2D eigenvalue weighted by Crippen LogP contribution is -2.61. The zero-order valence-corrected chi connectivity index (χ0v) is 15.1. The first kappa shape index (κ1) is 16.9. The number of nitrogens with zero attached hydrogens (tertiary/aromatic N) is 3. The maximum absolute atomic E-state index is 6.63. The van der Waals surface area contributed by atoms with Gasteiger partial charge >= 0.3 is 0 Å². The first-order chi connectivity index (χ1) is 9.90. The van der Waals surface area contributed by atoms with Crippen molar-refractivity contribution in [2.24, 2.45) is 12.8 Å². The number of halogens is 1. The molecule has 2 N–H and O–H groups in total. The molecule has 6 heteroatoms. The van der Waals surface area contributed by atoms with Crippen molar-refractivity contribution in [1.82, 2.24) is 14.7 Å². The molecule has 2 rings (SSSR count). The number of rotatable bonds is 5. The number of aromatic nitrogens is 2. The smallest absolute Gasteiger partial charge is 0.0738 e. The molecule has 2 unspecified atom stereocenters. The summed E-state index contributed by atoms with van der Waals surface area (Å²) in [6.07, 6.45) is 1.85. The molecule has 1 aromatic rings. The normalized spacial score (nSPS) is 21.2. The van der Waals surface area contributed by atoms with E-state index >= 15 is 0 Å². The van der Waals surface area contributed by atoms with Crippen LogP contribution < -0.4 is 5.73 Å². The topological polar surface area (TPSA) is 56.3 Å². The van der Waals surface area contributed by atoms with Gasteiger partial charge in [-0.3, -0.25) is 9.58 Å². The standard InChI is InChI=1S/C15H27BrN4O/c1-5-15(3,20-6-8-21-9-7-20)13(17)10-12-14(16)11(2)18-19(12)4/h13H,5-10,17H2,1-4H3. The molecule has 2 heterocycles. The van der Waals surface area contributed by atoms with Crippen LogP contribution in [0.1, 0.15) is 31.7 Å². The molecule has 0 amide bonds. The van der Waals surface area contributed by atoms with Crippen LogP contribution in [0.15, 0.2) is 4.47 Å². The van der Waals surface area contributed by atoms with E-state index in [4.69, 9.17) is 10.5 Å². The molecule has 21 heavy (non-hydrogen) atoms. The Hall–Kier alpha value is -0.430. The average molecular weight is 359 g/mol. The van der Waals surface area contributed by atoms with E-state index in [-0.39, 0.29) is 11.6 Å². The van der Waals surface area contributed by atoms with Gasteiger partial charge in [-0.15, -0.1) is 0 Å². The monoisotopic (exact) mass is 358 g/mol. The fourth-order valence-corrected chi connectivity index (χ4v) is 3.62. The third kappa shape index (κ3) is 3.33. The third-order valence-electron chi connectivity index (χ3n) is 4.92. The Bertz CT molecular complexity index is 484. The first-order valence-corrected chi connectivity index (χ1v) is 8.45. The van der Waals surface area contributed by atoms with Crippen molar-refractivity contribution in [3.8, 4) is 0 Å². The van der Waals surface area contributed by atoms with Gasteiger partial charge in [-0.05, 0) is 36.2 Å². The molecular formula is C15H27BrN4O. The quantitative estimate of drug-likeness (QED) is 0.872. The highest BCUT2D eigenvalue weighted by atomic mass is 79.9. The van der Waals surface area contributed by atoms with Gasteiger partial charge in [0.2, 0.25) is 0 Å². The van der Waals surface area contributed by atoms with Crippen molar-refractivity contribution in [2.45, 2.75) is 45.2 Å². The molecule has 1 aromatic heterocycles. The molecule has 0 aromatic carbocycles. The van der Waals surface area contributed by atoms with E-state index in [0.717, 1.165) is 49.3 Å². The van der Waals surface area contributed by atoms with E-state index < -0.39 is 0 Å². The Balaban J connectivity index is 2.17. The van der Waals surface area contributed by atoms with Crippen LogP contribution in [0, 0.1) is 6.92 Å². The van der Waals surface area contributed by atoms with Crippen molar-refractivity contribution in [2.75, 3.05) is 26.3 Å². The maximum Gasteiger partial charge on any atom is 0.0738 e. The lowest BCUT2D eigenvalue weighted by Gasteiger charge is -2.46. The predicted molar refractivity (Wildman–Crippen MR) is 88.4 cm³/mol. The van der Waals surface area contributed by atoms with Crippen LogP contribution in [0.5, 0.6) is 0 Å². The highest BCUT2D eigenvalue weighted by Gasteiger charge is 2.37. The number of hydrogen-bond donors (Lipinski definition) is 1. The summed E-state index contributed by atoms with van der Waals surface area (Å²) in [6.45, 7) is 10.0. The van der Waals surface area contributed by atoms with Crippen LogP contribution in [-0.4, -0.2) is 52.6 Å². The number of hydrogen-bond acceptors (Lipinski definition) is 4. The number of aryl methyl sites for hydroxylation is 2. The molecular weight excluding hydrogens is 332 g/mol. The Morgan fingerprint density at radius 2 is 2.05 bits per heavy atom. The summed E-state index contributed by atoms with van der Waals surface area (Å²) in [7, 11) is 1.98. The lowest BCUT2D eigenvalue weighted by molar-refractivity contribution is -0.0274. The SMILES string of the molecule is CCC(C)(C(N)Cc1c(Br)c(C)nn1C)N1CCOCC1. The fraction of sp³-hybridized carbons (Fsp3) is 0.800. The molecule has 120 valence electrons. The largest absolute Gasteiger partial charge is 0.379 e. The van der Waals surface area contributed by atoms with Gasteiger partial charge in [0.15, 0.2) is 0 Å². The van der Waals surface area contributed by atoms with Gasteiger partial charge in [0, 0.05) is 38.1 Å². The second-order valence-electron chi connectivity index (χ2n) is 6.09. The molecule has 1 fully saturated rings. The average Bonchev–Trinajstić information content (AvgIpc) is 2.73. The van der Waals surface area contributed by atoms with Gasteiger partial charge in [-0.2, -0.15) is 5.10 Å². The lowest BCUT2D eigenvalue weighted by atomic mass is 9.84. The van der Waals surface area contributed by atoms with Crippen molar-refractivity contribution in [3.05, 3.63) is 15.9 Å². The predicted octanol–water partition coefficient (Wildman–Crippen LogP) is 1.86. The second kappa shape index (κ2) is 6.77. The summed E-state index contributed by atoms with van der Waals surface area (Å²) in [5.41, 5.74) is 8.81. The van der Waals surface area contributed by atoms with Gasteiger partial charge in [-0.1, -0.05) is 6.92 Å². The van der Waals surface area contributed by atoms with Crippen LogP contribution in [0.25, 0.3) is 0 Å². The molecule has 1 saturated heterocycles. The zero-order chi connectivity index (χ0) is 15.6. The summed E-state index contributed by atoms with van der Waals surface area (Å²) in [4.78, 5) is 2.48. The number of ether oxygens (including phenoxy) is 1. The highest BCUT2D eigenvalue weighted by Crippen LogP contribution is 2.28. The van der Waals surface area contributed by atoms with Gasteiger partial charge < -0.3 is 10.5 Å². The van der Waals surface area contributed by atoms with Gasteiger partial charge in [-0.25, -0.2) is 0 Å². The van der Waals surface area contributed by atoms with E-state index in [1.54, 1.807) is 0 Å². The van der Waals surface area contributed by atoms with Crippen LogP contribution in [0.4, 0.5) is 0 Å². The zero-order valence-electron chi connectivity index (χ0n) is 13.5. The third-order valence-corrected chi connectivity index (χ3v) is 5.95. The van der Waals surface area contributed by atoms with Crippen LogP contribution >= 0.6 is 15.9 Å². The summed E-state index contributed by atoms with van der Waals surface area (Å²) in [6, 6.07) is 0.0618. The van der Waals surface area contributed by atoms with Gasteiger partial charge in [0.1, 0.15) is 0 Å². The Labute approximate surface area is 135 Å². The summed E-state index contributed by atoms with van der Waals surface area (Å²) in [5.74, 6) is 0. The van der Waals surface area contributed by atoms with E-state index in [2.05, 4.69) is 39.8 Å². The van der Waals surface area contributed by atoms with E-state index in [9.17, 15) is 0 Å². The second-order valence-corrected chi connectivity index (χ2v) is 6.88. The Morgan fingerprint density at radius 3 is 2.52 bits per heavy atom. The first-order valence-electron chi connectivity index (χ1n) is 7.66. The maximum atomic E-state index is 6.63. The van der Waals surface area contributed by atoms with Crippen LogP contribution in [-0.2, 0) is 18.2 Å². The molecule has 0 saturated carbocycles.